The highest BCUT2D eigenvalue weighted by molar-refractivity contribution is 7.91. The second-order valence-electron chi connectivity index (χ2n) is 4.93. The lowest BCUT2D eigenvalue weighted by Crippen LogP contribution is -2.13. The summed E-state index contributed by atoms with van der Waals surface area (Å²) in [4.78, 5) is 15.7. The number of nitrogens with zero attached hydrogens (tertiary/aromatic N) is 1. The Hall–Kier alpha value is -2.29. The van der Waals surface area contributed by atoms with Crippen molar-refractivity contribution in [1.29, 1.82) is 0 Å². The first kappa shape index (κ1) is 15.6. The van der Waals surface area contributed by atoms with Gasteiger partial charge in [0.05, 0.1) is 10.2 Å². The Morgan fingerprint density at radius 3 is 2.43 bits per heavy atom. The Labute approximate surface area is 136 Å². The van der Waals surface area contributed by atoms with Gasteiger partial charge in [0.25, 0.3) is 10.0 Å². The molecule has 3 aromatic rings. The third-order valence-corrected chi connectivity index (χ3v) is 5.70. The van der Waals surface area contributed by atoms with Crippen molar-refractivity contribution < 1.29 is 18.3 Å². The molecule has 0 aliphatic carbocycles. The van der Waals surface area contributed by atoms with Crippen LogP contribution in [-0.2, 0) is 14.8 Å². The van der Waals surface area contributed by atoms with Crippen LogP contribution in [-0.4, -0.2) is 24.5 Å². The molecule has 1 heterocycles. The van der Waals surface area contributed by atoms with Gasteiger partial charge in [0, 0.05) is 0 Å². The van der Waals surface area contributed by atoms with Crippen LogP contribution in [0.25, 0.3) is 10.2 Å². The molecule has 0 saturated heterocycles. The summed E-state index contributed by atoms with van der Waals surface area (Å²) in [5.74, 6) is -1.84. The quantitative estimate of drug-likeness (QED) is 0.750. The molecule has 0 spiro atoms. The summed E-state index contributed by atoms with van der Waals surface area (Å²) in [5, 5.41) is 14.6. The van der Waals surface area contributed by atoms with Gasteiger partial charge >= 0.3 is 5.97 Å². The highest BCUT2D eigenvalue weighted by Gasteiger charge is 2.23. The molecule has 2 aromatic carbocycles. The fourth-order valence-corrected chi connectivity index (χ4v) is 3.98. The van der Waals surface area contributed by atoms with E-state index in [4.69, 9.17) is 5.14 Å². The molecule has 1 unspecified atom stereocenters. The zero-order valence-electron chi connectivity index (χ0n) is 11.7. The zero-order chi connectivity index (χ0) is 16.6. The number of aliphatic carboxylic acids is 1. The Bertz CT molecular complexity index is 981. The summed E-state index contributed by atoms with van der Waals surface area (Å²) in [7, 11) is -3.88. The second-order valence-corrected chi connectivity index (χ2v) is 7.70. The Morgan fingerprint density at radius 1 is 1.13 bits per heavy atom. The van der Waals surface area contributed by atoms with Crippen LogP contribution in [0.5, 0.6) is 0 Å². The smallest absolute Gasteiger partial charge is 0.315 e. The van der Waals surface area contributed by atoms with Crippen LogP contribution < -0.4 is 5.14 Å². The number of sulfonamides is 1. The topological polar surface area (TPSA) is 110 Å². The lowest BCUT2D eigenvalue weighted by atomic mass is 9.91. The minimum absolute atomic E-state index is 0.184. The van der Waals surface area contributed by atoms with Gasteiger partial charge in [0.15, 0.2) is 0 Å². The van der Waals surface area contributed by atoms with Gasteiger partial charge in [-0.2, -0.15) is 0 Å². The predicted octanol–water partition coefficient (Wildman–Crippen LogP) is 2.16. The van der Waals surface area contributed by atoms with E-state index in [1.807, 2.05) is 6.07 Å². The van der Waals surface area contributed by atoms with E-state index in [1.54, 1.807) is 42.5 Å². The average Bonchev–Trinajstić information content (AvgIpc) is 2.91. The molecule has 3 N–H and O–H groups in total. The third-order valence-electron chi connectivity index (χ3n) is 3.35. The molecule has 8 heteroatoms. The molecule has 0 fully saturated rings. The summed E-state index contributed by atoms with van der Waals surface area (Å²) in [6, 6.07) is 13.7. The van der Waals surface area contributed by atoms with Crippen LogP contribution in [0.3, 0.4) is 0 Å². The van der Waals surface area contributed by atoms with Gasteiger partial charge in [-0.15, -0.1) is 11.3 Å². The van der Waals surface area contributed by atoms with Crippen molar-refractivity contribution in [1.82, 2.24) is 4.98 Å². The molecule has 0 aliphatic heterocycles. The lowest BCUT2D eigenvalue weighted by molar-refractivity contribution is -0.137. The number of primary sulfonamides is 1. The first-order valence-corrected chi connectivity index (χ1v) is 8.93. The monoisotopic (exact) mass is 348 g/mol. The van der Waals surface area contributed by atoms with Gasteiger partial charge < -0.3 is 5.11 Å². The number of thiazole rings is 1. The van der Waals surface area contributed by atoms with Crippen molar-refractivity contribution in [2.45, 2.75) is 10.3 Å². The van der Waals surface area contributed by atoms with E-state index in [1.165, 1.54) is 0 Å². The maximum Gasteiger partial charge on any atom is 0.315 e. The maximum absolute atomic E-state index is 11.7. The summed E-state index contributed by atoms with van der Waals surface area (Å²) < 4.78 is 23.2. The van der Waals surface area contributed by atoms with Crippen LogP contribution in [0, 0.1) is 0 Å². The van der Waals surface area contributed by atoms with Gasteiger partial charge in [-0.1, -0.05) is 36.4 Å². The molecule has 0 radical (unpaired) electrons. The molecule has 23 heavy (non-hydrogen) atoms. The van der Waals surface area contributed by atoms with Crippen molar-refractivity contribution >= 4 is 37.5 Å². The summed E-state index contributed by atoms with van der Waals surface area (Å²) >= 11 is 0.957. The summed E-state index contributed by atoms with van der Waals surface area (Å²) in [6.45, 7) is 0. The van der Waals surface area contributed by atoms with Crippen LogP contribution in [0.4, 0.5) is 0 Å². The van der Waals surface area contributed by atoms with Crippen molar-refractivity contribution in [2.24, 2.45) is 5.14 Å². The fourth-order valence-electron chi connectivity index (χ4n) is 2.35. The maximum atomic E-state index is 11.7. The van der Waals surface area contributed by atoms with Gasteiger partial charge in [-0.05, 0) is 23.3 Å². The Balaban J connectivity index is 2.13. The van der Waals surface area contributed by atoms with Crippen LogP contribution in [0.1, 0.15) is 17.0 Å². The normalized spacial score (nSPS) is 13.1. The SMILES string of the molecule is NS(=O)(=O)c1nc2cc(C(C(=O)O)c3ccccc3)ccc2s1. The molecule has 1 aromatic heterocycles. The van der Waals surface area contributed by atoms with Gasteiger partial charge in [0.2, 0.25) is 4.34 Å². The van der Waals surface area contributed by atoms with E-state index in [2.05, 4.69) is 4.98 Å². The second kappa shape index (κ2) is 5.73. The standard InChI is InChI=1S/C15H12N2O4S2/c16-23(20,21)15-17-11-8-10(6-7-12(11)22-15)13(14(18)19)9-4-2-1-3-5-9/h1-8,13H,(H,18,19)(H2,16,20,21). The van der Waals surface area contributed by atoms with E-state index in [-0.39, 0.29) is 4.34 Å². The number of rotatable bonds is 4. The van der Waals surface area contributed by atoms with Gasteiger partial charge in [-0.3, -0.25) is 4.79 Å². The van der Waals surface area contributed by atoms with Gasteiger partial charge in [0.1, 0.15) is 5.92 Å². The van der Waals surface area contributed by atoms with E-state index >= 15 is 0 Å². The number of carboxylic acids is 1. The highest BCUT2D eigenvalue weighted by atomic mass is 32.2. The average molecular weight is 348 g/mol. The number of fused-ring (bicyclic) bond motifs is 1. The highest BCUT2D eigenvalue weighted by Crippen LogP contribution is 2.30. The molecule has 0 amide bonds. The Morgan fingerprint density at radius 2 is 1.83 bits per heavy atom. The molecule has 6 nitrogen and oxygen atoms in total. The Kier molecular flexibility index (Phi) is 3.88. The first-order chi connectivity index (χ1) is 10.9. The number of carboxylic acid groups (broad SMARTS) is 1. The number of hydrogen-bond donors (Lipinski definition) is 2. The molecule has 3 rings (SSSR count). The fraction of sp³-hybridized carbons (Fsp3) is 0.0667. The molecule has 0 aliphatic rings. The van der Waals surface area contributed by atoms with E-state index in [0.717, 1.165) is 11.3 Å². The number of benzene rings is 2. The summed E-state index contributed by atoms with van der Waals surface area (Å²) in [6.07, 6.45) is 0. The van der Waals surface area contributed by atoms with E-state index in [9.17, 15) is 18.3 Å². The first-order valence-electron chi connectivity index (χ1n) is 6.57. The van der Waals surface area contributed by atoms with Crippen LogP contribution in [0.15, 0.2) is 52.9 Å². The summed E-state index contributed by atoms with van der Waals surface area (Å²) in [5.41, 5.74) is 1.59. The van der Waals surface area contributed by atoms with Crippen LogP contribution >= 0.6 is 11.3 Å². The zero-order valence-corrected chi connectivity index (χ0v) is 13.3. The van der Waals surface area contributed by atoms with E-state index in [0.29, 0.717) is 21.3 Å². The molecule has 118 valence electrons. The van der Waals surface area contributed by atoms with Crippen molar-refractivity contribution in [3.8, 4) is 0 Å². The number of carbonyl (C=O) groups is 1. The van der Waals surface area contributed by atoms with E-state index < -0.39 is 21.9 Å². The largest absolute Gasteiger partial charge is 0.481 e. The number of hydrogen-bond acceptors (Lipinski definition) is 5. The lowest BCUT2D eigenvalue weighted by Gasteiger charge is -2.13. The molecular weight excluding hydrogens is 336 g/mol. The van der Waals surface area contributed by atoms with Crippen molar-refractivity contribution in [2.75, 3.05) is 0 Å². The molecule has 0 bridgehead atoms. The minimum atomic E-state index is -3.88. The van der Waals surface area contributed by atoms with Gasteiger partial charge in [-0.25, -0.2) is 18.5 Å². The minimum Gasteiger partial charge on any atom is -0.481 e. The number of aromatic nitrogens is 1. The molecular formula is C15H12N2O4S2. The predicted molar refractivity (Wildman–Crippen MR) is 86.9 cm³/mol. The van der Waals surface area contributed by atoms with Crippen LogP contribution in [0.2, 0.25) is 0 Å². The number of nitrogens with two attached hydrogens (primary N) is 1. The molecule has 0 saturated carbocycles. The van der Waals surface area contributed by atoms with Crippen molar-refractivity contribution in [3.63, 3.8) is 0 Å². The third kappa shape index (κ3) is 3.09. The molecule has 1 atom stereocenters. The van der Waals surface area contributed by atoms with Crippen molar-refractivity contribution in [3.05, 3.63) is 59.7 Å².